The monoisotopic (exact) mass is 332 g/mol. The summed E-state index contributed by atoms with van der Waals surface area (Å²) in [6.07, 6.45) is 11.8. The van der Waals surface area contributed by atoms with Crippen molar-refractivity contribution < 1.29 is 4.74 Å². The minimum absolute atomic E-state index is 0.0679. The molecule has 1 aromatic heterocycles. The summed E-state index contributed by atoms with van der Waals surface area (Å²) in [6, 6.07) is 0. The molecule has 2 aliphatic rings. The molecule has 2 heterocycles. The molecule has 6 nitrogen and oxygen atoms in total. The van der Waals surface area contributed by atoms with Gasteiger partial charge in [0.15, 0.2) is 5.82 Å². The number of allylic oxidation sites excluding steroid dienone is 2. The summed E-state index contributed by atoms with van der Waals surface area (Å²) in [5.74, 6) is 1.26. The molecule has 1 fully saturated rings. The Morgan fingerprint density at radius 1 is 1.42 bits per heavy atom. The highest BCUT2D eigenvalue weighted by molar-refractivity contribution is 5.34. The van der Waals surface area contributed by atoms with E-state index in [0.29, 0.717) is 12.4 Å². The topological polar surface area (TPSA) is 50.6 Å². The molecule has 0 spiro atoms. The van der Waals surface area contributed by atoms with E-state index in [9.17, 15) is 4.79 Å². The summed E-state index contributed by atoms with van der Waals surface area (Å²) in [6.45, 7) is 4.54. The second-order valence-corrected chi connectivity index (χ2v) is 6.95. The summed E-state index contributed by atoms with van der Waals surface area (Å²) in [4.78, 5) is 20.8. The zero-order valence-electron chi connectivity index (χ0n) is 14.7. The Labute approximate surface area is 143 Å². The van der Waals surface area contributed by atoms with Crippen molar-refractivity contribution in [3.63, 3.8) is 0 Å². The first-order valence-electron chi connectivity index (χ1n) is 8.85. The number of hydrogen-bond acceptors (Lipinski definition) is 5. The van der Waals surface area contributed by atoms with Gasteiger partial charge < -0.3 is 14.2 Å². The Hall–Kier alpha value is -1.66. The molecule has 132 valence electrons. The van der Waals surface area contributed by atoms with Crippen LogP contribution in [0.1, 0.15) is 19.3 Å². The SMILES string of the molecule is CN(CC1CN(CC2CC=CCC2)CCO1)c1nccn(C)c1=O. The molecule has 0 N–H and O–H groups in total. The van der Waals surface area contributed by atoms with Crippen LogP contribution in [0.4, 0.5) is 5.82 Å². The van der Waals surface area contributed by atoms with Crippen LogP contribution in [0, 0.1) is 5.92 Å². The summed E-state index contributed by atoms with van der Waals surface area (Å²) in [5, 5.41) is 0. The number of likely N-dealkylation sites (N-methyl/N-ethyl adjacent to an activating group) is 1. The van der Waals surface area contributed by atoms with E-state index in [1.807, 2.05) is 11.9 Å². The van der Waals surface area contributed by atoms with Gasteiger partial charge in [-0.25, -0.2) is 4.98 Å². The zero-order chi connectivity index (χ0) is 16.9. The van der Waals surface area contributed by atoms with Crippen LogP contribution >= 0.6 is 0 Å². The van der Waals surface area contributed by atoms with Gasteiger partial charge in [-0.2, -0.15) is 0 Å². The van der Waals surface area contributed by atoms with E-state index in [4.69, 9.17) is 4.74 Å². The van der Waals surface area contributed by atoms with Crippen LogP contribution in [-0.2, 0) is 11.8 Å². The van der Waals surface area contributed by atoms with Gasteiger partial charge in [0.2, 0.25) is 0 Å². The molecule has 0 bridgehead atoms. The fraction of sp³-hybridized carbons (Fsp3) is 0.667. The van der Waals surface area contributed by atoms with E-state index in [1.54, 1.807) is 24.0 Å². The van der Waals surface area contributed by atoms with Crippen molar-refractivity contribution in [3.05, 3.63) is 34.9 Å². The van der Waals surface area contributed by atoms with Crippen LogP contribution < -0.4 is 10.5 Å². The maximum atomic E-state index is 12.2. The van der Waals surface area contributed by atoms with Crippen molar-refractivity contribution in [1.82, 2.24) is 14.5 Å². The molecule has 0 amide bonds. The summed E-state index contributed by atoms with van der Waals surface area (Å²) in [7, 11) is 3.66. The molecule has 6 heteroatoms. The largest absolute Gasteiger partial charge is 0.374 e. The van der Waals surface area contributed by atoms with Crippen molar-refractivity contribution in [1.29, 1.82) is 0 Å². The number of anilines is 1. The molecule has 0 aromatic carbocycles. The minimum Gasteiger partial charge on any atom is -0.374 e. The highest BCUT2D eigenvalue weighted by Crippen LogP contribution is 2.20. The van der Waals surface area contributed by atoms with Gasteiger partial charge in [0.05, 0.1) is 12.7 Å². The van der Waals surface area contributed by atoms with Gasteiger partial charge in [-0.05, 0) is 25.2 Å². The molecular weight excluding hydrogens is 304 g/mol. The van der Waals surface area contributed by atoms with Gasteiger partial charge in [0.1, 0.15) is 0 Å². The average molecular weight is 332 g/mol. The van der Waals surface area contributed by atoms with Crippen LogP contribution in [0.5, 0.6) is 0 Å². The highest BCUT2D eigenvalue weighted by Gasteiger charge is 2.25. The summed E-state index contributed by atoms with van der Waals surface area (Å²) < 4.78 is 7.48. The second kappa shape index (κ2) is 7.94. The van der Waals surface area contributed by atoms with Crippen LogP contribution in [0.15, 0.2) is 29.3 Å². The Balaban J connectivity index is 1.55. The molecule has 0 saturated carbocycles. The normalized spacial score (nSPS) is 24.9. The minimum atomic E-state index is -0.0679. The maximum absolute atomic E-state index is 12.2. The van der Waals surface area contributed by atoms with E-state index >= 15 is 0 Å². The predicted molar refractivity (Wildman–Crippen MR) is 95.4 cm³/mol. The van der Waals surface area contributed by atoms with E-state index in [2.05, 4.69) is 22.0 Å². The Morgan fingerprint density at radius 3 is 3.08 bits per heavy atom. The number of rotatable bonds is 5. The molecule has 1 aliphatic carbocycles. The first-order chi connectivity index (χ1) is 11.6. The molecule has 0 radical (unpaired) electrons. The first-order valence-corrected chi connectivity index (χ1v) is 8.85. The van der Waals surface area contributed by atoms with E-state index in [-0.39, 0.29) is 11.7 Å². The molecule has 2 unspecified atom stereocenters. The van der Waals surface area contributed by atoms with Crippen molar-refractivity contribution in [2.75, 3.05) is 44.7 Å². The van der Waals surface area contributed by atoms with Crippen LogP contribution in [-0.4, -0.2) is 60.4 Å². The lowest BCUT2D eigenvalue weighted by atomic mass is 9.94. The van der Waals surface area contributed by atoms with E-state index < -0.39 is 0 Å². The van der Waals surface area contributed by atoms with Gasteiger partial charge in [0, 0.05) is 52.7 Å². The third kappa shape index (κ3) is 4.24. The third-order valence-corrected chi connectivity index (χ3v) is 4.95. The van der Waals surface area contributed by atoms with Crippen molar-refractivity contribution in [3.8, 4) is 0 Å². The molecule has 1 saturated heterocycles. The Bertz CT molecular complexity index is 628. The third-order valence-electron chi connectivity index (χ3n) is 4.95. The Morgan fingerprint density at radius 2 is 2.29 bits per heavy atom. The van der Waals surface area contributed by atoms with Gasteiger partial charge in [0.25, 0.3) is 5.56 Å². The van der Waals surface area contributed by atoms with E-state index in [0.717, 1.165) is 32.2 Å². The van der Waals surface area contributed by atoms with Gasteiger partial charge >= 0.3 is 0 Å². The lowest BCUT2D eigenvalue weighted by Gasteiger charge is -2.36. The standard InChI is InChI=1S/C18H28N4O2/c1-20-9-8-19-17(18(20)23)21(2)13-16-14-22(10-11-24-16)12-15-6-4-3-5-7-15/h3-4,8-9,15-16H,5-7,10-14H2,1-2H3. The molecule has 3 rings (SSSR count). The quantitative estimate of drug-likeness (QED) is 0.760. The van der Waals surface area contributed by atoms with Gasteiger partial charge in [-0.1, -0.05) is 12.2 Å². The lowest BCUT2D eigenvalue weighted by Crippen LogP contribution is -2.49. The predicted octanol–water partition coefficient (Wildman–Crippen LogP) is 1.27. The average Bonchev–Trinajstić information content (AvgIpc) is 2.58. The molecule has 24 heavy (non-hydrogen) atoms. The number of morpholine rings is 1. The maximum Gasteiger partial charge on any atom is 0.293 e. The number of aromatic nitrogens is 2. The van der Waals surface area contributed by atoms with Gasteiger partial charge in [-0.15, -0.1) is 0 Å². The van der Waals surface area contributed by atoms with Gasteiger partial charge in [-0.3, -0.25) is 9.69 Å². The van der Waals surface area contributed by atoms with Crippen molar-refractivity contribution in [2.45, 2.75) is 25.4 Å². The second-order valence-electron chi connectivity index (χ2n) is 6.95. The van der Waals surface area contributed by atoms with Crippen LogP contribution in [0.2, 0.25) is 0 Å². The number of nitrogens with zero attached hydrogens (tertiary/aromatic N) is 4. The van der Waals surface area contributed by atoms with E-state index in [1.165, 1.54) is 19.3 Å². The molecule has 2 atom stereocenters. The highest BCUT2D eigenvalue weighted by atomic mass is 16.5. The van der Waals surface area contributed by atoms with Crippen LogP contribution in [0.25, 0.3) is 0 Å². The van der Waals surface area contributed by atoms with Crippen molar-refractivity contribution in [2.24, 2.45) is 13.0 Å². The summed E-state index contributed by atoms with van der Waals surface area (Å²) >= 11 is 0. The molecule has 1 aliphatic heterocycles. The Kier molecular flexibility index (Phi) is 5.68. The lowest BCUT2D eigenvalue weighted by molar-refractivity contribution is -0.0285. The number of aryl methyl sites for hydroxylation is 1. The molecular formula is C18H28N4O2. The molecule has 1 aromatic rings. The number of hydrogen-bond donors (Lipinski definition) is 0. The fourth-order valence-corrected chi connectivity index (χ4v) is 3.58. The first kappa shape index (κ1) is 17.2. The number of ether oxygens (including phenoxy) is 1. The van der Waals surface area contributed by atoms with Crippen LogP contribution in [0.3, 0.4) is 0 Å². The smallest absolute Gasteiger partial charge is 0.293 e. The zero-order valence-corrected chi connectivity index (χ0v) is 14.7. The fourth-order valence-electron chi connectivity index (χ4n) is 3.58. The van der Waals surface area contributed by atoms with Crippen molar-refractivity contribution >= 4 is 5.82 Å². The summed E-state index contributed by atoms with van der Waals surface area (Å²) in [5.41, 5.74) is -0.0679.